The van der Waals surface area contributed by atoms with E-state index in [-0.39, 0.29) is 24.7 Å². The number of amides is 2. The van der Waals surface area contributed by atoms with Crippen molar-refractivity contribution in [2.45, 2.75) is 13.0 Å². The van der Waals surface area contributed by atoms with Crippen molar-refractivity contribution < 1.29 is 18.7 Å². The van der Waals surface area contributed by atoms with Gasteiger partial charge in [0.25, 0.3) is 0 Å². The van der Waals surface area contributed by atoms with Crippen molar-refractivity contribution in [2.24, 2.45) is 0 Å². The average molecular weight is 342 g/mol. The smallest absolute Gasteiger partial charge is 0.414 e. The van der Waals surface area contributed by atoms with Gasteiger partial charge in [0.15, 0.2) is 0 Å². The van der Waals surface area contributed by atoms with Crippen molar-refractivity contribution in [3.05, 3.63) is 42.2 Å². The van der Waals surface area contributed by atoms with Crippen LogP contribution in [0.15, 0.2) is 30.7 Å². The lowest BCUT2D eigenvalue weighted by Gasteiger charge is -2.14. The molecule has 1 aliphatic heterocycles. The number of nitrogens with one attached hydrogen (secondary N) is 1. The summed E-state index contributed by atoms with van der Waals surface area (Å²) >= 11 is 0. The number of carbonyl (C=O) groups excluding carboxylic acids is 2. The molecule has 1 N–H and O–H groups in total. The minimum atomic E-state index is -0.584. The van der Waals surface area contributed by atoms with Gasteiger partial charge in [0.2, 0.25) is 5.91 Å². The minimum absolute atomic E-state index is 0.210. The normalized spacial score (nSPS) is 16.4. The van der Waals surface area contributed by atoms with Crippen LogP contribution >= 0.6 is 0 Å². The second kappa shape index (κ2) is 6.65. The molecule has 1 aliphatic rings. The fourth-order valence-corrected chi connectivity index (χ4v) is 2.50. The van der Waals surface area contributed by atoms with E-state index in [0.29, 0.717) is 11.4 Å². The molecular weight excluding hydrogens is 327 g/mol. The highest BCUT2D eigenvalue weighted by molar-refractivity contribution is 5.90. The largest absolute Gasteiger partial charge is 0.442 e. The number of cyclic esters (lactones) is 1. The van der Waals surface area contributed by atoms with Crippen molar-refractivity contribution in [3.63, 3.8) is 0 Å². The number of benzene rings is 1. The predicted molar refractivity (Wildman–Crippen MR) is 87.8 cm³/mol. The number of anilines is 1. The second-order valence-corrected chi connectivity index (χ2v) is 5.50. The van der Waals surface area contributed by atoms with Crippen LogP contribution in [0.25, 0.3) is 5.69 Å². The molecule has 2 aromatic rings. The first-order valence-corrected chi connectivity index (χ1v) is 7.51. The number of carbonyl (C=O) groups is 2. The second-order valence-electron chi connectivity index (χ2n) is 5.50. The van der Waals surface area contributed by atoms with Gasteiger partial charge in [0, 0.05) is 13.1 Å². The Bertz CT molecular complexity index is 871. The molecule has 0 aliphatic carbocycles. The molecule has 2 heterocycles. The monoisotopic (exact) mass is 342 g/mol. The molecular formula is C17H15FN4O3. The quantitative estimate of drug-likeness (QED) is 0.854. The van der Waals surface area contributed by atoms with Gasteiger partial charge >= 0.3 is 6.09 Å². The molecule has 0 saturated carbocycles. The molecule has 0 spiro atoms. The van der Waals surface area contributed by atoms with Gasteiger partial charge in [0.1, 0.15) is 23.9 Å². The summed E-state index contributed by atoms with van der Waals surface area (Å²) in [7, 11) is 0. The minimum Gasteiger partial charge on any atom is -0.442 e. The van der Waals surface area contributed by atoms with Crippen molar-refractivity contribution in [1.82, 2.24) is 14.9 Å². The van der Waals surface area contributed by atoms with Crippen molar-refractivity contribution in [3.8, 4) is 18.0 Å². The van der Waals surface area contributed by atoms with Crippen LogP contribution in [0.1, 0.15) is 12.6 Å². The molecule has 8 heteroatoms. The molecule has 0 radical (unpaired) electrons. The fraction of sp³-hybridized carbons (Fsp3) is 0.235. The number of aromatic nitrogens is 2. The lowest BCUT2D eigenvalue weighted by molar-refractivity contribution is -0.119. The van der Waals surface area contributed by atoms with E-state index in [1.807, 2.05) is 0 Å². The molecule has 7 nitrogen and oxygen atoms in total. The molecule has 128 valence electrons. The molecule has 0 bridgehead atoms. The summed E-state index contributed by atoms with van der Waals surface area (Å²) in [5, 5.41) is 2.59. The van der Waals surface area contributed by atoms with Crippen LogP contribution in [-0.4, -0.2) is 40.7 Å². The SMILES string of the molecule is C#Cc1cn(-c2ccc(N3C[C@H](CNC(C)=O)OC3=O)cc2F)cn1. The molecule has 25 heavy (non-hydrogen) atoms. The number of ether oxygens (including phenoxy) is 1. The summed E-state index contributed by atoms with van der Waals surface area (Å²) < 4.78 is 21.1. The van der Waals surface area contributed by atoms with Gasteiger partial charge in [-0.1, -0.05) is 0 Å². The summed E-state index contributed by atoms with van der Waals surface area (Å²) in [5.74, 6) is 1.63. The number of terminal acetylenes is 1. The van der Waals surface area contributed by atoms with E-state index < -0.39 is 18.0 Å². The Kier molecular flexibility index (Phi) is 4.39. The van der Waals surface area contributed by atoms with Crippen molar-refractivity contribution in [1.29, 1.82) is 0 Å². The van der Waals surface area contributed by atoms with Crippen molar-refractivity contribution >= 4 is 17.7 Å². The molecule has 1 fully saturated rings. The van der Waals surface area contributed by atoms with Crippen LogP contribution in [-0.2, 0) is 9.53 Å². The van der Waals surface area contributed by atoms with Crippen LogP contribution < -0.4 is 10.2 Å². The van der Waals surface area contributed by atoms with E-state index in [0.717, 1.165) is 0 Å². The maximum absolute atomic E-state index is 14.4. The van der Waals surface area contributed by atoms with E-state index in [9.17, 15) is 14.0 Å². The van der Waals surface area contributed by atoms with Gasteiger partial charge in [-0.2, -0.15) is 0 Å². The Morgan fingerprint density at radius 2 is 2.36 bits per heavy atom. The highest BCUT2D eigenvalue weighted by atomic mass is 19.1. The summed E-state index contributed by atoms with van der Waals surface area (Å²) in [6, 6.07) is 4.38. The van der Waals surface area contributed by atoms with Gasteiger partial charge < -0.3 is 14.6 Å². The van der Waals surface area contributed by atoms with E-state index >= 15 is 0 Å². The number of imidazole rings is 1. The van der Waals surface area contributed by atoms with Gasteiger partial charge in [-0.15, -0.1) is 6.42 Å². The van der Waals surface area contributed by atoms with Crippen LogP contribution in [0.5, 0.6) is 0 Å². The average Bonchev–Trinajstić information content (AvgIpc) is 3.19. The Labute approximate surface area is 143 Å². The van der Waals surface area contributed by atoms with E-state index in [2.05, 4.69) is 16.2 Å². The number of hydrogen-bond donors (Lipinski definition) is 1. The Balaban J connectivity index is 1.77. The summed E-state index contributed by atoms with van der Waals surface area (Å²) in [6.45, 7) is 1.82. The third-order valence-electron chi connectivity index (χ3n) is 3.70. The zero-order valence-electron chi connectivity index (χ0n) is 13.4. The lowest BCUT2D eigenvalue weighted by atomic mass is 10.2. The third kappa shape index (κ3) is 3.45. The van der Waals surface area contributed by atoms with E-state index in [1.165, 1.54) is 41.0 Å². The third-order valence-corrected chi connectivity index (χ3v) is 3.70. The highest BCUT2D eigenvalue weighted by Crippen LogP contribution is 2.25. The molecule has 0 unspecified atom stereocenters. The maximum atomic E-state index is 14.4. The van der Waals surface area contributed by atoms with Gasteiger partial charge in [0.05, 0.1) is 24.5 Å². The van der Waals surface area contributed by atoms with Gasteiger partial charge in [-0.05, 0) is 24.1 Å². The van der Waals surface area contributed by atoms with Crippen LogP contribution in [0, 0.1) is 18.2 Å². The number of halogens is 1. The fourth-order valence-electron chi connectivity index (χ4n) is 2.50. The first kappa shape index (κ1) is 16.5. The molecule has 2 amide bonds. The zero-order chi connectivity index (χ0) is 18.0. The number of rotatable bonds is 4. The van der Waals surface area contributed by atoms with Crippen LogP contribution in [0.3, 0.4) is 0 Å². The molecule has 1 atom stereocenters. The Morgan fingerprint density at radius 3 is 3.00 bits per heavy atom. The first-order chi connectivity index (χ1) is 12.0. The van der Waals surface area contributed by atoms with Crippen molar-refractivity contribution in [2.75, 3.05) is 18.0 Å². The zero-order valence-corrected chi connectivity index (χ0v) is 13.4. The number of hydrogen-bond acceptors (Lipinski definition) is 4. The maximum Gasteiger partial charge on any atom is 0.414 e. The molecule has 1 saturated heterocycles. The summed E-state index contributed by atoms with van der Waals surface area (Å²) in [6.07, 6.45) is 7.14. The standard InChI is InChI=1S/C17H15FN4O3/c1-3-12-8-21(10-20-12)16-5-4-13(6-15(16)18)22-9-14(25-17(22)24)7-19-11(2)23/h1,4-6,8,10,14H,7,9H2,2H3,(H,19,23)/t14-/m0/s1. The summed E-state index contributed by atoms with van der Waals surface area (Å²) in [4.78, 5) is 28.2. The van der Waals surface area contributed by atoms with Gasteiger partial charge in [-0.25, -0.2) is 14.2 Å². The van der Waals surface area contributed by atoms with Crippen LogP contribution in [0.2, 0.25) is 0 Å². The molecule has 3 rings (SSSR count). The predicted octanol–water partition coefficient (Wildman–Crippen LogP) is 1.45. The van der Waals surface area contributed by atoms with E-state index in [1.54, 1.807) is 6.07 Å². The summed E-state index contributed by atoms with van der Waals surface area (Å²) in [5.41, 5.74) is 1.03. The lowest BCUT2D eigenvalue weighted by Crippen LogP contribution is -2.33. The van der Waals surface area contributed by atoms with E-state index in [4.69, 9.17) is 11.2 Å². The highest BCUT2D eigenvalue weighted by Gasteiger charge is 2.32. The molecule has 1 aromatic heterocycles. The molecule has 1 aromatic carbocycles. The Hall–Kier alpha value is -3.34. The first-order valence-electron chi connectivity index (χ1n) is 7.51. The van der Waals surface area contributed by atoms with Crippen LogP contribution in [0.4, 0.5) is 14.9 Å². The van der Waals surface area contributed by atoms with Gasteiger partial charge in [-0.3, -0.25) is 9.69 Å². The number of nitrogens with zero attached hydrogens (tertiary/aromatic N) is 3. The topological polar surface area (TPSA) is 76.5 Å². The Morgan fingerprint density at radius 1 is 1.56 bits per heavy atom.